The van der Waals surface area contributed by atoms with Gasteiger partial charge in [0.2, 0.25) is 0 Å². The summed E-state index contributed by atoms with van der Waals surface area (Å²) >= 11 is 0. The summed E-state index contributed by atoms with van der Waals surface area (Å²) in [6.07, 6.45) is 0. The van der Waals surface area contributed by atoms with Crippen LogP contribution in [0.2, 0.25) is 0 Å². The molecule has 0 aromatic heterocycles. The number of hydrogen-bond donors (Lipinski definition) is 2. The Morgan fingerprint density at radius 3 is 1.25 bits per heavy atom. The van der Waals surface area contributed by atoms with Gasteiger partial charge in [0.05, 0.1) is 22.5 Å². The number of aryl methyl sites for hydroxylation is 2. The predicted molar refractivity (Wildman–Crippen MR) is 129 cm³/mol. The van der Waals surface area contributed by atoms with Crippen molar-refractivity contribution in [2.24, 2.45) is 0 Å². The zero-order chi connectivity index (χ0) is 22.2. The van der Waals surface area contributed by atoms with E-state index in [2.05, 4.69) is 10.6 Å². The van der Waals surface area contributed by atoms with Crippen LogP contribution in [0.1, 0.15) is 43.0 Å². The molecule has 0 unspecified atom stereocenters. The van der Waals surface area contributed by atoms with Crippen molar-refractivity contribution in [2.75, 3.05) is 10.6 Å². The Kier molecular flexibility index (Phi) is 4.83. The molecule has 5 rings (SSSR count). The van der Waals surface area contributed by atoms with Crippen molar-refractivity contribution < 1.29 is 9.59 Å². The van der Waals surface area contributed by atoms with Gasteiger partial charge in [-0.3, -0.25) is 9.59 Å². The van der Waals surface area contributed by atoms with E-state index in [0.717, 1.165) is 22.5 Å². The molecule has 0 spiro atoms. The average molecular weight is 418 g/mol. The number of carbonyl (C=O) groups excluding carboxylic acids is 2. The van der Waals surface area contributed by atoms with E-state index >= 15 is 0 Å². The first-order chi connectivity index (χ1) is 15.5. The van der Waals surface area contributed by atoms with Crippen molar-refractivity contribution >= 4 is 34.3 Å². The Morgan fingerprint density at radius 2 is 0.875 bits per heavy atom. The van der Waals surface area contributed by atoms with Crippen molar-refractivity contribution in [2.45, 2.75) is 13.8 Å². The third-order valence-corrected chi connectivity index (χ3v) is 5.74. The normalized spacial score (nSPS) is 12.2. The Balaban J connectivity index is 1.65. The molecule has 156 valence electrons. The van der Waals surface area contributed by atoms with Crippen molar-refractivity contribution in [3.8, 4) is 0 Å². The highest BCUT2D eigenvalue weighted by molar-refractivity contribution is 6.32. The van der Waals surface area contributed by atoms with E-state index < -0.39 is 0 Å². The molecule has 0 amide bonds. The van der Waals surface area contributed by atoms with Gasteiger partial charge in [0, 0.05) is 22.5 Å². The minimum atomic E-state index is -0.155. The molecule has 0 radical (unpaired) electrons. The zero-order valence-corrected chi connectivity index (χ0v) is 17.9. The summed E-state index contributed by atoms with van der Waals surface area (Å²) in [4.78, 5) is 27.1. The number of hydrogen-bond acceptors (Lipinski definition) is 4. The van der Waals surface area contributed by atoms with Crippen LogP contribution in [0.4, 0.5) is 22.7 Å². The molecule has 4 nitrogen and oxygen atoms in total. The second-order valence-corrected chi connectivity index (χ2v) is 8.10. The highest BCUT2D eigenvalue weighted by Gasteiger charge is 2.34. The summed E-state index contributed by atoms with van der Waals surface area (Å²) in [6.45, 7) is 4.05. The molecule has 4 aromatic carbocycles. The smallest absolute Gasteiger partial charge is 0.196 e. The molecule has 1 aliphatic carbocycles. The second-order valence-electron chi connectivity index (χ2n) is 8.10. The molecule has 0 atom stereocenters. The zero-order valence-electron chi connectivity index (χ0n) is 17.9. The summed E-state index contributed by atoms with van der Waals surface area (Å²) in [6, 6.07) is 26.6. The van der Waals surface area contributed by atoms with E-state index in [0.29, 0.717) is 33.6 Å². The Morgan fingerprint density at radius 1 is 0.500 bits per heavy atom. The van der Waals surface area contributed by atoms with Crippen LogP contribution >= 0.6 is 0 Å². The first-order valence-corrected chi connectivity index (χ1v) is 10.5. The lowest BCUT2D eigenvalue weighted by molar-refractivity contribution is 0.0980. The molecular formula is C28H22N2O2. The molecule has 0 saturated heterocycles. The third kappa shape index (κ3) is 3.46. The number of ketones is 2. The Labute approximate surface area is 186 Å². The number of rotatable bonds is 4. The first kappa shape index (κ1) is 19.8. The molecule has 4 aromatic rings. The standard InChI is InChI=1S/C28H22N2O2/c1-17-7-11-19(12-8-17)29-23-15-16-24(30-20-13-9-18(2)10-14-20)26-25(23)27(31)21-5-3-4-6-22(21)28(26)32/h3-16,29-30H,1-2H3. The van der Waals surface area contributed by atoms with Crippen LogP contribution < -0.4 is 10.6 Å². The van der Waals surface area contributed by atoms with E-state index in [4.69, 9.17) is 0 Å². The lowest BCUT2D eigenvalue weighted by atomic mass is 9.82. The molecule has 2 N–H and O–H groups in total. The van der Waals surface area contributed by atoms with Gasteiger partial charge in [-0.15, -0.1) is 0 Å². The van der Waals surface area contributed by atoms with Gasteiger partial charge in [-0.25, -0.2) is 0 Å². The van der Waals surface area contributed by atoms with Crippen LogP contribution in [0.5, 0.6) is 0 Å². The number of benzene rings is 4. The van der Waals surface area contributed by atoms with Gasteiger partial charge < -0.3 is 10.6 Å². The van der Waals surface area contributed by atoms with Gasteiger partial charge in [0.1, 0.15) is 0 Å². The van der Waals surface area contributed by atoms with Crippen LogP contribution in [0, 0.1) is 13.8 Å². The van der Waals surface area contributed by atoms with E-state index in [1.54, 1.807) is 24.3 Å². The van der Waals surface area contributed by atoms with E-state index in [1.807, 2.05) is 74.5 Å². The third-order valence-electron chi connectivity index (χ3n) is 5.74. The molecular weight excluding hydrogens is 396 g/mol. The van der Waals surface area contributed by atoms with Gasteiger partial charge in [0.25, 0.3) is 0 Å². The quantitative estimate of drug-likeness (QED) is 0.347. The van der Waals surface area contributed by atoms with E-state index in [1.165, 1.54) is 0 Å². The molecule has 0 saturated carbocycles. The van der Waals surface area contributed by atoms with Crippen LogP contribution in [-0.4, -0.2) is 11.6 Å². The van der Waals surface area contributed by atoms with Crippen LogP contribution in [-0.2, 0) is 0 Å². The maximum Gasteiger partial charge on any atom is 0.196 e. The highest BCUT2D eigenvalue weighted by atomic mass is 16.1. The van der Waals surface area contributed by atoms with Gasteiger partial charge in [-0.05, 0) is 50.2 Å². The van der Waals surface area contributed by atoms with Gasteiger partial charge in [0.15, 0.2) is 11.6 Å². The minimum Gasteiger partial charge on any atom is -0.355 e. The van der Waals surface area contributed by atoms with Crippen molar-refractivity contribution in [1.82, 2.24) is 0 Å². The van der Waals surface area contributed by atoms with Gasteiger partial charge in [-0.1, -0.05) is 59.7 Å². The molecule has 4 heteroatoms. The fourth-order valence-electron chi connectivity index (χ4n) is 4.02. The summed E-state index contributed by atoms with van der Waals surface area (Å²) < 4.78 is 0. The van der Waals surface area contributed by atoms with Crippen molar-refractivity contribution in [1.29, 1.82) is 0 Å². The summed E-state index contributed by atoms with van der Waals surface area (Å²) in [7, 11) is 0. The van der Waals surface area contributed by atoms with Gasteiger partial charge >= 0.3 is 0 Å². The molecule has 0 bridgehead atoms. The van der Waals surface area contributed by atoms with Crippen LogP contribution in [0.25, 0.3) is 0 Å². The number of anilines is 4. The monoisotopic (exact) mass is 418 g/mol. The Bertz CT molecular complexity index is 1250. The summed E-state index contributed by atoms with van der Waals surface area (Å²) in [5.74, 6) is -0.310. The average Bonchev–Trinajstić information content (AvgIpc) is 2.81. The van der Waals surface area contributed by atoms with Crippen molar-refractivity contribution in [3.05, 3.63) is 118 Å². The Hall–Kier alpha value is -4.18. The van der Waals surface area contributed by atoms with Crippen molar-refractivity contribution in [3.63, 3.8) is 0 Å². The number of fused-ring (bicyclic) bond motifs is 2. The summed E-state index contributed by atoms with van der Waals surface area (Å²) in [5.41, 5.74) is 6.90. The molecule has 32 heavy (non-hydrogen) atoms. The fourth-order valence-corrected chi connectivity index (χ4v) is 4.02. The number of carbonyl (C=O) groups is 2. The van der Waals surface area contributed by atoms with Crippen LogP contribution in [0.15, 0.2) is 84.9 Å². The summed E-state index contributed by atoms with van der Waals surface area (Å²) in [5, 5.41) is 6.68. The maximum absolute atomic E-state index is 13.5. The lowest BCUT2D eigenvalue weighted by Gasteiger charge is -2.24. The van der Waals surface area contributed by atoms with E-state index in [9.17, 15) is 9.59 Å². The fraction of sp³-hybridized carbons (Fsp3) is 0.0714. The highest BCUT2D eigenvalue weighted by Crippen LogP contribution is 2.38. The first-order valence-electron chi connectivity index (χ1n) is 10.5. The molecule has 0 aliphatic heterocycles. The SMILES string of the molecule is Cc1ccc(Nc2ccc(Nc3ccc(C)cc3)c3c2C(=O)c2ccccc2C3=O)cc1. The van der Waals surface area contributed by atoms with E-state index in [-0.39, 0.29) is 11.6 Å². The maximum atomic E-state index is 13.5. The molecule has 0 heterocycles. The second kappa shape index (κ2) is 7.82. The minimum absolute atomic E-state index is 0.155. The molecule has 0 fully saturated rings. The largest absolute Gasteiger partial charge is 0.355 e. The topological polar surface area (TPSA) is 58.2 Å². The predicted octanol–water partition coefficient (Wildman–Crippen LogP) is 6.57. The number of nitrogens with one attached hydrogen (secondary N) is 2. The van der Waals surface area contributed by atoms with Gasteiger partial charge in [-0.2, -0.15) is 0 Å². The van der Waals surface area contributed by atoms with Crippen LogP contribution in [0.3, 0.4) is 0 Å². The molecule has 1 aliphatic rings. The lowest BCUT2D eigenvalue weighted by Crippen LogP contribution is -2.23.